The molecular weight excluding hydrogens is 240 g/mol. The van der Waals surface area contributed by atoms with E-state index in [4.69, 9.17) is 5.11 Å². The summed E-state index contributed by atoms with van der Waals surface area (Å²) >= 11 is 0. The van der Waals surface area contributed by atoms with Gasteiger partial charge in [0.15, 0.2) is 0 Å². The highest BCUT2D eigenvalue weighted by Gasteiger charge is 2.17. The molecule has 4 heteroatoms. The van der Waals surface area contributed by atoms with Gasteiger partial charge >= 0.3 is 5.97 Å². The fraction of sp³-hybridized carbons (Fsp3) is 0.533. The second-order valence-corrected chi connectivity index (χ2v) is 5.12. The summed E-state index contributed by atoms with van der Waals surface area (Å²) in [4.78, 5) is 13.2. The van der Waals surface area contributed by atoms with Crippen LogP contribution in [-0.2, 0) is 6.54 Å². The van der Waals surface area contributed by atoms with Crippen molar-refractivity contribution < 1.29 is 9.90 Å². The van der Waals surface area contributed by atoms with E-state index in [0.717, 1.165) is 26.2 Å². The van der Waals surface area contributed by atoms with Gasteiger partial charge in [0, 0.05) is 19.1 Å². The highest BCUT2D eigenvalue weighted by atomic mass is 16.4. The fourth-order valence-electron chi connectivity index (χ4n) is 2.54. The zero-order valence-corrected chi connectivity index (χ0v) is 11.4. The first kappa shape index (κ1) is 14.0. The molecule has 104 valence electrons. The molecular formula is C15H22N2O2. The van der Waals surface area contributed by atoms with Crippen LogP contribution in [0.3, 0.4) is 0 Å². The van der Waals surface area contributed by atoms with Crippen molar-refractivity contribution in [2.45, 2.75) is 32.4 Å². The third-order valence-electron chi connectivity index (χ3n) is 3.70. The van der Waals surface area contributed by atoms with E-state index in [1.807, 2.05) is 12.1 Å². The lowest BCUT2D eigenvalue weighted by atomic mass is 10.1. The number of carboxylic acid groups (broad SMARTS) is 1. The van der Waals surface area contributed by atoms with Crippen LogP contribution in [0.15, 0.2) is 24.3 Å². The molecule has 1 unspecified atom stereocenters. The lowest BCUT2D eigenvalue weighted by molar-refractivity contribution is 0.0697. The number of carbonyl (C=O) groups is 1. The van der Waals surface area contributed by atoms with Crippen molar-refractivity contribution in [3.63, 3.8) is 0 Å². The van der Waals surface area contributed by atoms with Gasteiger partial charge in [-0.05, 0) is 43.6 Å². The zero-order chi connectivity index (χ0) is 13.7. The summed E-state index contributed by atoms with van der Waals surface area (Å²) in [6.45, 7) is 6.26. The quantitative estimate of drug-likeness (QED) is 0.823. The largest absolute Gasteiger partial charge is 0.478 e. The second-order valence-electron chi connectivity index (χ2n) is 5.12. The first-order valence-electron chi connectivity index (χ1n) is 6.97. The van der Waals surface area contributed by atoms with E-state index >= 15 is 0 Å². The number of carboxylic acids is 1. The molecule has 1 aliphatic rings. The van der Waals surface area contributed by atoms with Gasteiger partial charge in [0.2, 0.25) is 0 Å². The molecule has 0 bridgehead atoms. The first-order valence-corrected chi connectivity index (χ1v) is 6.97. The molecule has 1 aromatic rings. The third-order valence-corrected chi connectivity index (χ3v) is 3.70. The maximum atomic E-state index is 10.8. The van der Waals surface area contributed by atoms with Crippen molar-refractivity contribution in [1.82, 2.24) is 10.2 Å². The molecule has 2 N–H and O–H groups in total. The van der Waals surface area contributed by atoms with Crippen LogP contribution in [-0.4, -0.2) is 41.7 Å². The molecule has 1 fully saturated rings. The summed E-state index contributed by atoms with van der Waals surface area (Å²) in [7, 11) is 0. The number of likely N-dealkylation sites (N-methyl/N-ethyl adjacent to an activating group) is 1. The van der Waals surface area contributed by atoms with Crippen LogP contribution in [0.2, 0.25) is 0 Å². The predicted octanol–water partition coefficient (Wildman–Crippen LogP) is 1.96. The zero-order valence-electron chi connectivity index (χ0n) is 11.4. The summed E-state index contributed by atoms with van der Waals surface area (Å²) in [5, 5.41) is 12.4. The highest BCUT2D eigenvalue weighted by molar-refractivity contribution is 5.87. The molecule has 1 aliphatic heterocycles. The Bertz CT molecular complexity index is 411. The number of benzene rings is 1. The van der Waals surface area contributed by atoms with Crippen LogP contribution >= 0.6 is 0 Å². The smallest absolute Gasteiger partial charge is 0.335 e. The van der Waals surface area contributed by atoms with E-state index in [0.29, 0.717) is 11.6 Å². The van der Waals surface area contributed by atoms with E-state index in [2.05, 4.69) is 17.1 Å². The molecule has 0 saturated carbocycles. The van der Waals surface area contributed by atoms with E-state index in [1.54, 1.807) is 12.1 Å². The average Bonchev–Trinajstić information content (AvgIpc) is 2.91. The minimum atomic E-state index is -0.867. The Labute approximate surface area is 114 Å². The van der Waals surface area contributed by atoms with Crippen LogP contribution in [0.4, 0.5) is 0 Å². The van der Waals surface area contributed by atoms with E-state index < -0.39 is 5.97 Å². The monoisotopic (exact) mass is 262 g/mol. The molecule has 19 heavy (non-hydrogen) atoms. The number of nitrogens with one attached hydrogen (secondary N) is 1. The van der Waals surface area contributed by atoms with Crippen LogP contribution in [0, 0.1) is 0 Å². The Morgan fingerprint density at radius 1 is 1.42 bits per heavy atom. The van der Waals surface area contributed by atoms with Gasteiger partial charge in [-0.3, -0.25) is 4.90 Å². The lowest BCUT2D eigenvalue weighted by Crippen LogP contribution is -2.37. The van der Waals surface area contributed by atoms with Crippen LogP contribution in [0.25, 0.3) is 0 Å². The van der Waals surface area contributed by atoms with Gasteiger partial charge in [-0.15, -0.1) is 0 Å². The van der Waals surface area contributed by atoms with Gasteiger partial charge in [0.05, 0.1) is 5.56 Å². The van der Waals surface area contributed by atoms with E-state index in [-0.39, 0.29) is 0 Å². The number of aromatic carboxylic acids is 1. The van der Waals surface area contributed by atoms with Crippen molar-refractivity contribution in [2.24, 2.45) is 0 Å². The van der Waals surface area contributed by atoms with Crippen LogP contribution in [0.1, 0.15) is 35.7 Å². The van der Waals surface area contributed by atoms with Gasteiger partial charge in [-0.1, -0.05) is 19.1 Å². The Morgan fingerprint density at radius 3 is 2.68 bits per heavy atom. The van der Waals surface area contributed by atoms with Crippen LogP contribution in [0.5, 0.6) is 0 Å². The SMILES string of the molecule is CCN(Cc1ccc(C(=O)O)cc1)CC1CCCN1. The van der Waals surface area contributed by atoms with E-state index in [1.165, 1.54) is 18.4 Å². The molecule has 1 heterocycles. The summed E-state index contributed by atoms with van der Waals surface area (Å²) in [6.07, 6.45) is 2.53. The molecule has 1 saturated heterocycles. The highest BCUT2D eigenvalue weighted by Crippen LogP contribution is 2.11. The van der Waals surface area contributed by atoms with Crippen molar-refractivity contribution in [3.05, 3.63) is 35.4 Å². The summed E-state index contributed by atoms with van der Waals surface area (Å²) in [5.74, 6) is -0.867. The minimum Gasteiger partial charge on any atom is -0.478 e. The first-order chi connectivity index (χ1) is 9.19. The minimum absolute atomic E-state index is 0.351. The fourth-order valence-corrected chi connectivity index (χ4v) is 2.54. The van der Waals surface area contributed by atoms with Gasteiger partial charge < -0.3 is 10.4 Å². The Morgan fingerprint density at radius 2 is 2.16 bits per heavy atom. The Balaban J connectivity index is 1.91. The van der Waals surface area contributed by atoms with E-state index in [9.17, 15) is 4.79 Å². The molecule has 0 spiro atoms. The lowest BCUT2D eigenvalue weighted by Gasteiger charge is -2.24. The van der Waals surface area contributed by atoms with Gasteiger partial charge in [0.1, 0.15) is 0 Å². The molecule has 0 radical (unpaired) electrons. The van der Waals surface area contributed by atoms with Crippen LogP contribution < -0.4 is 5.32 Å². The average molecular weight is 262 g/mol. The summed E-state index contributed by atoms with van der Waals surface area (Å²) in [5.41, 5.74) is 1.52. The number of rotatable bonds is 6. The number of nitrogens with zero attached hydrogens (tertiary/aromatic N) is 1. The second kappa shape index (κ2) is 6.68. The predicted molar refractivity (Wildman–Crippen MR) is 75.4 cm³/mol. The number of hydrogen-bond donors (Lipinski definition) is 2. The Kier molecular flexibility index (Phi) is 4.93. The van der Waals surface area contributed by atoms with Gasteiger partial charge in [-0.2, -0.15) is 0 Å². The maximum absolute atomic E-state index is 10.8. The normalized spacial score (nSPS) is 18.9. The number of hydrogen-bond acceptors (Lipinski definition) is 3. The summed E-state index contributed by atoms with van der Waals surface area (Å²) in [6, 6.07) is 7.79. The molecule has 0 aromatic heterocycles. The topological polar surface area (TPSA) is 52.6 Å². The summed E-state index contributed by atoms with van der Waals surface area (Å²) < 4.78 is 0. The third kappa shape index (κ3) is 4.04. The van der Waals surface area contributed by atoms with Crippen molar-refractivity contribution in [3.8, 4) is 0 Å². The van der Waals surface area contributed by atoms with Crippen molar-refractivity contribution in [1.29, 1.82) is 0 Å². The van der Waals surface area contributed by atoms with Gasteiger partial charge in [0.25, 0.3) is 0 Å². The molecule has 1 atom stereocenters. The standard InChI is InChI=1S/C15H22N2O2/c1-2-17(11-14-4-3-9-16-14)10-12-5-7-13(8-6-12)15(18)19/h5-8,14,16H,2-4,9-11H2,1H3,(H,18,19). The van der Waals surface area contributed by atoms with Crippen molar-refractivity contribution in [2.75, 3.05) is 19.6 Å². The molecule has 0 amide bonds. The molecule has 2 rings (SSSR count). The van der Waals surface area contributed by atoms with Crippen molar-refractivity contribution >= 4 is 5.97 Å². The maximum Gasteiger partial charge on any atom is 0.335 e. The molecule has 4 nitrogen and oxygen atoms in total. The Hall–Kier alpha value is -1.39. The molecule has 1 aromatic carbocycles. The van der Waals surface area contributed by atoms with Gasteiger partial charge in [-0.25, -0.2) is 4.79 Å². The molecule has 0 aliphatic carbocycles.